The van der Waals surface area contributed by atoms with Gasteiger partial charge in [0.15, 0.2) is 5.82 Å². The highest BCUT2D eigenvalue weighted by atomic mass is 32.2. The second kappa shape index (κ2) is 3.96. The fraction of sp³-hybridized carbons (Fsp3) is 0.727. The summed E-state index contributed by atoms with van der Waals surface area (Å²) in [5.74, 6) is 0.0812. The molecule has 6 nitrogen and oxygen atoms in total. The van der Waals surface area contributed by atoms with E-state index in [1.54, 1.807) is 18.3 Å². The van der Waals surface area contributed by atoms with Gasteiger partial charge in [-0.25, -0.2) is 8.42 Å². The van der Waals surface area contributed by atoms with E-state index in [0.717, 1.165) is 12.8 Å². The van der Waals surface area contributed by atoms with Crippen LogP contribution in [0.2, 0.25) is 0 Å². The smallest absolute Gasteiger partial charge is 0.249 e. The number of hydrogen-bond donors (Lipinski definition) is 1. The van der Waals surface area contributed by atoms with Gasteiger partial charge in [-0.3, -0.25) is 4.68 Å². The van der Waals surface area contributed by atoms with Crippen molar-refractivity contribution >= 4 is 15.8 Å². The molecule has 102 valence electrons. The summed E-state index contributed by atoms with van der Waals surface area (Å²) in [5, 5.41) is 3.98. The fourth-order valence-corrected chi connectivity index (χ4v) is 4.71. The molecule has 0 atom stereocenters. The molecular formula is C11H20N4O2S. The number of aryl methyl sites for hydroxylation is 1. The van der Waals surface area contributed by atoms with E-state index in [1.807, 2.05) is 13.8 Å². The van der Waals surface area contributed by atoms with Crippen molar-refractivity contribution in [2.75, 3.05) is 12.3 Å². The van der Waals surface area contributed by atoms with E-state index in [4.69, 9.17) is 5.73 Å². The van der Waals surface area contributed by atoms with E-state index in [-0.39, 0.29) is 16.3 Å². The highest BCUT2D eigenvalue weighted by molar-refractivity contribution is 7.89. The van der Waals surface area contributed by atoms with Crippen LogP contribution in [0.3, 0.4) is 0 Å². The SMILES string of the molecule is Cc1c(S(=O)(=O)N2CCCC2(C)C)c(N)nn1C. The Morgan fingerprint density at radius 1 is 1.39 bits per heavy atom. The number of rotatable bonds is 2. The molecular weight excluding hydrogens is 252 g/mol. The van der Waals surface area contributed by atoms with E-state index in [0.29, 0.717) is 12.2 Å². The maximum Gasteiger partial charge on any atom is 0.249 e. The minimum atomic E-state index is -3.56. The Morgan fingerprint density at radius 2 is 2.00 bits per heavy atom. The van der Waals surface area contributed by atoms with Gasteiger partial charge in [-0.15, -0.1) is 0 Å². The highest BCUT2D eigenvalue weighted by Crippen LogP contribution is 2.36. The van der Waals surface area contributed by atoms with Crippen LogP contribution in [-0.4, -0.2) is 34.6 Å². The number of nitrogen functional groups attached to an aromatic ring is 1. The van der Waals surface area contributed by atoms with Gasteiger partial charge >= 0.3 is 0 Å². The molecule has 1 fully saturated rings. The van der Waals surface area contributed by atoms with Gasteiger partial charge in [-0.1, -0.05) is 0 Å². The molecule has 18 heavy (non-hydrogen) atoms. The fourth-order valence-electron chi connectivity index (χ4n) is 2.57. The molecule has 0 unspecified atom stereocenters. The molecule has 0 amide bonds. The first-order chi connectivity index (χ1) is 8.18. The number of sulfonamides is 1. The second-order valence-corrected chi connectivity index (χ2v) is 7.22. The zero-order valence-electron chi connectivity index (χ0n) is 11.3. The van der Waals surface area contributed by atoms with Crippen LogP contribution in [-0.2, 0) is 17.1 Å². The van der Waals surface area contributed by atoms with Crippen LogP contribution in [0.1, 0.15) is 32.4 Å². The van der Waals surface area contributed by atoms with Crippen LogP contribution in [0.25, 0.3) is 0 Å². The lowest BCUT2D eigenvalue weighted by molar-refractivity contribution is 0.291. The molecule has 1 aliphatic heterocycles. The van der Waals surface area contributed by atoms with Crippen molar-refractivity contribution in [3.63, 3.8) is 0 Å². The quantitative estimate of drug-likeness (QED) is 0.866. The first kappa shape index (κ1) is 13.4. The molecule has 0 spiro atoms. The lowest BCUT2D eigenvalue weighted by Gasteiger charge is -2.30. The second-order valence-electron chi connectivity index (χ2n) is 5.42. The van der Waals surface area contributed by atoms with Gasteiger partial charge in [0.05, 0.1) is 5.69 Å². The molecule has 1 saturated heterocycles. The molecule has 2 rings (SSSR count). The predicted molar refractivity (Wildman–Crippen MR) is 69.6 cm³/mol. The van der Waals surface area contributed by atoms with Crippen LogP contribution >= 0.6 is 0 Å². The Balaban J connectivity index is 2.56. The van der Waals surface area contributed by atoms with Gasteiger partial charge in [0, 0.05) is 19.1 Å². The molecule has 0 aromatic carbocycles. The lowest BCUT2D eigenvalue weighted by Crippen LogP contribution is -2.42. The van der Waals surface area contributed by atoms with E-state index in [9.17, 15) is 8.42 Å². The molecule has 0 aliphatic carbocycles. The van der Waals surface area contributed by atoms with E-state index in [2.05, 4.69) is 5.10 Å². The zero-order chi connectivity index (χ0) is 13.7. The first-order valence-electron chi connectivity index (χ1n) is 6.00. The summed E-state index contributed by atoms with van der Waals surface area (Å²) in [6.45, 7) is 6.15. The van der Waals surface area contributed by atoms with Crippen LogP contribution in [0.15, 0.2) is 4.90 Å². The van der Waals surface area contributed by atoms with Gasteiger partial charge in [-0.05, 0) is 33.6 Å². The molecule has 2 N–H and O–H groups in total. The van der Waals surface area contributed by atoms with Crippen LogP contribution in [0.4, 0.5) is 5.82 Å². The van der Waals surface area contributed by atoms with Crippen LogP contribution < -0.4 is 5.73 Å². The summed E-state index contributed by atoms with van der Waals surface area (Å²) >= 11 is 0. The van der Waals surface area contributed by atoms with Crippen molar-refractivity contribution in [2.24, 2.45) is 7.05 Å². The molecule has 2 heterocycles. The highest BCUT2D eigenvalue weighted by Gasteiger charge is 2.43. The third-order valence-electron chi connectivity index (χ3n) is 3.68. The van der Waals surface area contributed by atoms with Crippen molar-refractivity contribution in [1.29, 1.82) is 0 Å². The number of hydrogen-bond acceptors (Lipinski definition) is 4. The van der Waals surface area contributed by atoms with Crippen molar-refractivity contribution in [3.05, 3.63) is 5.69 Å². The van der Waals surface area contributed by atoms with Crippen molar-refractivity contribution in [3.8, 4) is 0 Å². The summed E-state index contributed by atoms with van der Waals surface area (Å²) in [6, 6.07) is 0. The standard InChI is InChI=1S/C11H20N4O2S/c1-8-9(10(12)13-14(8)4)18(16,17)15-7-5-6-11(15,2)3/h5-7H2,1-4H3,(H2,12,13). The van der Waals surface area contributed by atoms with Crippen LogP contribution in [0.5, 0.6) is 0 Å². The molecule has 1 aromatic heterocycles. The van der Waals surface area contributed by atoms with Gasteiger partial charge in [0.2, 0.25) is 10.0 Å². The van der Waals surface area contributed by atoms with Crippen LogP contribution in [0, 0.1) is 6.92 Å². The summed E-state index contributed by atoms with van der Waals surface area (Å²) in [7, 11) is -1.87. The number of anilines is 1. The van der Waals surface area contributed by atoms with Crippen molar-refractivity contribution < 1.29 is 8.42 Å². The van der Waals surface area contributed by atoms with Crippen molar-refractivity contribution in [1.82, 2.24) is 14.1 Å². The third kappa shape index (κ3) is 1.81. The molecule has 1 aromatic rings. The predicted octanol–water partition coefficient (Wildman–Crippen LogP) is 0.874. The molecule has 0 radical (unpaired) electrons. The average molecular weight is 272 g/mol. The van der Waals surface area contributed by atoms with E-state index in [1.165, 1.54) is 4.68 Å². The maximum atomic E-state index is 12.7. The van der Waals surface area contributed by atoms with Gasteiger partial charge in [0.25, 0.3) is 0 Å². The topological polar surface area (TPSA) is 81.2 Å². The molecule has 0 bridgehead atoms. The van der Waals surface area contributed by atoms with Crippen molar-refractivity contribution in [2.45, 2.75) is 44.0 Å². The Labute approximate surface area is 108 Å². The molecule has 7 heteroatoms. The number of nitrogens with two attached hydrogens (primary N) is 1. The number of nitrogens with zero attached hydrogens (tertiary/aromatic N) is 3. The van der Waals surface area contributed by atoms with Gasteiger partial charge < -0.3 is 5.73 Å². The Morgan fingerprint density at radius 3 is 2.39 bits per heavy atom. The lowest BCUT2D eigenvalue weighted by atomic mass is 10.0. The van der Waals surface area contributed by atoms with Gasteiger partial charge in [0.1, 0.15) is 4.90 Å². The average Bonchev–Trinajstić information content (AvgIpc) is 2.68. The zero-order valence-corrected chi connectivity index (χ0v) is 12.1. The van der Waals surface area contributed by atoms with Gasteiger partial charge in [-0.2, -0.15) is 9.40 Å². The third-order valence-corrected chi connectivity index (χ3v) is 5.95. The van der Waals surface area contributed by atoms with E-state index >= 15 is 0 Å². The Kier molecular flexibility index (Phi) is 2.94. The minimum Gasteiger partial charge on any atom is -0.381 e. The summed E-state index contributed by atoms with van der Waals surface area (Å²) < 4.78 is 28.4. The summed E-state index contributed by atoms with van der Waals surface area (Å²) in [5.41, 5.74) is 5.97. The largest absolute Gasteiger partial charge is 0.381 e. The normalized spacial score (nSPS) is 20.4. The number of aromatic nitrogens is 2. The summed E-state index contributed by atoms with van der Waals surface area (Å²) in [6.07, 6.45) is 1.75. The monoisotopic (exact) mass is 272 g/mol. The van der Waals surface area contributed by atoms with E-state index < -0.39 is 10.0 Å². The molecule has 1 aliphatic rings. The summed E-state index contributed by atoms with van der Waals surface area (Å²) in [4.78, 5) is 0.153. The Bertz CT molecular complexity index is 574. The Hall–Kier alpha value is -1.08. The first-order valence-corrected chi connectivity index (χ1v) is 7.44. The minimum absolute atomic E-state index is 0.0812. The maximum absolute atomic E-state index is 12.7. The molecule has 0 saturated carbocycles.